The maximum absolute atomic E-state index is 10.8. The highest BCUT2D eigenvalue weighted by atomic mass is 35.5. The van der Waals surface area contributed by atoms with E-state index < -0.39 is 5.97 Å². The maximum Gasteiger partial charge on any atom is 0.337 e. The Hall–Kier alpha value is -1.02. The molecule has 1 aromatic rings. The first-order valence-electron chi connectivity index (χ1n) is 5.71. The molecule has 0 heterocycles. The molecule has 1 N–H and O–H groups in total. The lowest BCUT2D eigenvalue weighted by molar-refractivity contribution is 0.0697. The van der Waals surface area contributed by atoms with Crippen LogP contribution in [0.2, 0.25) is 5.02 Å². The van der Waals surface area contributed by atoms with E-state index in [1.54, 1.807) is 6.07 Å². The molecule has 2 nitrogen and oxygen atoms in total. The zero-order valence-electron chi connectivity index (χ0n) is 9.08. The minimum atomic E-state index is -0.958. The van der Waals surface area contributed by atoms with Crippen LogP contribution in [-0.2, 0) is 0 Å². The molecule has 16 heavy (non-hydrogen) atoms. The lowest BCUT2D eigenvalue weighted by Crippen LogP contribution is -2.05. The normalized spacial score (nSPS) is 17.3. The van der Waals surface area contributed by atoms with E-state index in [9.17, 15) is 4.79 Å². The Labute approximate surface area is 100 Å². The highest BCUT2D eigenvalue weighted by molar-refractivity contribution is 6.33. The van der Waals surface area contributed by atoms with Gasteiger partial charge in [0, 0.05) is 0 Å². The van der Waals surface area contributed by atoms with E-state index in [4.69, 9.17) is 16.7 Å². The first-order chi connectivity index (χ1) is 7.68. The molecule has 86 valence electrons. The average Bonchev–Trinajstić information content (AvgIpc) is 2.29. The smallest absolute Gasteiger partial charge is 0.337 e. The second-order valence-corrected chi connectivity index (χ2v) is 4.79. The van der Waals surface area contributed by atoms with E-state index >= 15 is 0 Å². The van der Waals surface area contributed by atoms with Gasteiger partial charge in [-0.1, -0.05) is 36.9 Å². The second kappa shape index (κ2) is 4.88. The average molecular weight is 239 g/mol. The summed E-state index contributed by atoms with van der Waals surface area (Å²) in [4.78, 5) is 10.8. The number of carbonyl (C=O) groups is 1. The molecule has 0 aliphatic heterocycles. The Kier molecular flexibility index (Phi) is 3.49. The monoisotopic (exact) mass is 238 g/mol. The first-order valence-corrected chi connectivity index (χ1v) is 6.09. The first kappa shape index (κ1) is 11.5. The molecule has 0 bridgehead atoms. The molecule has 1 aromatic carbocycles. The van der Waals surface area contributed by atoms with Crippen molar-refractivity contribution >= 4 is 17.6 Å². The van der Waals surface area contributed by atoms with Gasteiger partial charge in [0.1, 0.15) is 0 Å². The highest BCUT2D eigenvalue weighted by Gasteiger charge is 2.17. The third-order valence-electron chi connectivity index (χ3n) is 3.30. The van der Waals surface area contributed by atoms with Crippen LogP contribution >= 0.6 is 11.6 Å². The predicted octanol–water partition coefficient (Wildman–Crippen LogP) is 4.09. The number of carboxylic acids is 1. The van der Waals surface area contributed by atoms with Gasteiger partial charge in [-0.3, -0.25) is 0 Å². The van der Waals surface area contributed by atoms with E-state index in [0.717, 1.165) is 0 Å². The molecule has 0 radical (unpaired) electrons. The van der Waals surface area contributed by atoms with Gasteiger partial charge in [-0.25, -0.2) is 4.79 Å². The van der Waals surface area contributed by atoms with Crippen LogP contribution < -0.4 is 0 Å². The Morgan fingerprint density at radius 2 is 1.94 bits per heavy atom. The molecule has 0 saturated heterocycles. The summed E-state index contributed by atoms with van der Waals surface area (Å²) in [6.07, 6.45) is 6.24. The largest absolute Gasteiger partial charge is 0.478 e. The molecular formula is C13H15ClO2. The number of carboxylic acid groups (broad SMARTS) is 1. The summed E-state index contributed by atoms with van der Waals surface area (Å²) in [7, 11) is 0. The van der Waals surface area contributed by atoms with Crippen molar-refractivity contribution in [2.24, 2.45) is 0 Å². The van der Waals surface area contributed by atoms with Gasteiger partial charge >= 0.3 is 5.97 Å². The van der Waals surface area contributed by atoms with Gasteiger partial charge in [0.05, 0.1) is 10.6 Å². The molecule has 0 spiro atoms. The summed E-state index contributed by atoms with van der Waals surface area (Å²) in [5.41, 5.74) is 1.39. The molecule has 0 aromatic heterocycles. The highest BCUT2D eigenvalue weighted by Crippen LogP contribution is 2.34. The van der Waals surface area contributed by atoms with Crippen molar-refractivity contribution in [2.75, 3.05) is 0 Å². The summed E-state index contributed by atoms with van der Waals surface area (Å²) in [5.74, 6) is -0.394. The fourth-order valence-electron chi connectivity index (χ4n) is 2.39. The zero-order valence-corrected chi connectivity index (χ0v) is 9.83. The van der Waals surface area contributed by atoms with E-state index in [2.05, 4.69) is 0 Å². The van der Waals surface area contributed by atoms with Gasteiger partial charge in [0.15, 0.2) is 0 Å². The quantitative estimate of drug-likeness (QED) is 0.843. The molecule has 1 fully saturated rings. The molecular weight excluding hydrogens is 224 g/mol. The lowest BCUT2D eigenvalue weighted by atomic mass is 9.84. The number of hydrogen-bond donors (Lipinski definition) is 1. The van der Waals surface area contributed by atoms with Gasteiger partial charge < -0.3 is 5.11 Å². The van der Waals surface area contributed by atoms with Crippen LogP contribution in [-0.4, -0.2) is 11.1 Å². The van der Waals surface area contributed by atoms with Gasteiger partial charge in [0.25, 0.3) is 0 Å². The van der Waals surface area contributed by atoms with Crippen LogP contribution in [0, 0.1) is 0 Å². The third-order valence-corrected chi connectivity index (χ3v) is 3.61. The van der Waals surface area contributed by atoms with Crippen molar-refractivity contribution in [3.8, 4) is 0 Å². The SMILES string of the molecule is O=C(O)c1ccc(C2CCCCC2)cc1Cl. The summed E-state index contributed by atoms with van der Waals surface area (Å²) < 4.78 is 0. The van der Waals surface area contributed by atoms with Crippen LogP contribution in [0.1, 0.15) is 53.9 Å². The standard InChI is InChI=1S/C13H15ClO2/c14-12-8-10(6-7-11(12)13(15)16)9-4-2-1-3-5-9/h6-9H,1-5H2,(H,15,16). The van der Waals surface area contributed by atoms with E-state index in [-0.39, 0.29) is 5.56 Å². The second-order valence-electron chi connectivity index (χ2n) is 4.38. The summed E-state index contributed by atoms with van der Waals surface area (Å²) in [5, 5.41) is 9.24. The molecule has 0 amide bonds. The van der Waals surface area contributed by atoms with Gasteiger partial charge in [0.2, 0.25) is 0 Å². The zero-order chi connectivity index (χ0) is 11.5. The number of halogens is 1. The molecule has 2 rings (SSSR count). The Morgan fingerprint density at radius 1 is 1.25 bits per heavy atom. The maximum atomic E-state index is 10.8. The van der Waals surface area contributed by atoms with Crippen LogP contribution in [0.3, 0.4) is 0 Å². The lowest BCUT2D eigenvalue weighted by Gasteiger charge is -2.22. The van der Waals surface area contributed by atoms with Crippen LogP contribution in [0.25, 0.3) is 0 Å². The van der Waals surface area contributed by atoms with Crippen LogP contribution in [0.15, 0.2) is 18.2 Å². The fourth-order valence-corrected chi connectivity index (χ4v) is 2.66. The number of benzene rings is 1. The molecule has 1 saturated carbocycles. The number of aromatic carboxylic acids is 1. The van der Waals surface area contributed by atoms with Gasteiger partial charge in [-0.05, 0) is 36.5 Å². The molecule has 1 aliphatic carbocycles. The van der Waals surface area contributed by atoms with Crippen molar-refractivity contribution in [3.05, 3.63) is 34.3 Å². The minimum absolute atomic E-state index is 0.196. The molecule has 0 atom stereocenters. The summed E-state index contributed by atoms with van der Waals surface area (Å²) >= 11 is 5.96. The van der Waals surface area contributed by atoms with Crippen molar-refractivity contribution in [2.45, 2.75) is 38.0 Å². The van der Waals surface area contributed by atoms with Crippen LogP contribution in [0.4, 0.5) is 0 Å². The van der Waals surface area contributed by atoms with E-state index in [1.165, 1.54) is 37.7 Å². The number of rotatable bonds is 2. The van der Waals surface area contributed by atoms with Crippen molar-refractivity contribution in [1.82, 2.24) is 0 Å². The minimum Gasteiger partial charge on any atom is -0.478 e. The Balaban J connectivity index is 2.23. The van der Waals surface area contributed by atoms with E-state index in [0.29, 0.717) is 10.9 Å². The molecule has 3 heteroatoms. The van der Waals surface area contributed by atoms with Crippen molar-refractivity contribution in [1.29, 1.82) is 0 Å². The van der Waals surface area contributed by atoms with E-state index in [1.807, 2.05) is 12.1 Å². The van der Waals surface area contributed by atoms with Gasteiger partial charge in [-0.2, -0.15) is 0 Å². The molecule has 1 aliphatic rings. The number of hydrogen-bond acceptors (Lipinski definition) is 1. The summed E-state index contributed by atoms with van der Waals surface area (Å²) in [6, 6.07) is 5.35. The van der Waals surface area contributed by atoms with Crippen molar-refractivity contribution < 1.29 is 9.90 Å². The molecule has 0 unspecified atom stereocenters. The van der Waals surface area contributed by atoms with Gasteiger partial charge in [-0.15, -0.1) is 0 Å². The predicted molar refractivity (Wildman–Crippen MR) is 64.2 cm³/mol. The summed E-state index contributed by atoms with van der Waals surface area (Å²) in [6.45, 7) is 0. The Morgan fingerprint density at radius 3 is 2.50 bits per heavy atom. The van der Waals surface area contributed by atoms with Crippen molar-refractivity contribution in [3.63, 3.8) is 0 Å². The third kappa shape index (κ3) is 2.38. The van der Waals surface area contributed by atoms with Crippen LogP contribution in [0.5, 0.6) is 0 Å². The fraction of sp³-hybridized carbons (Fsp3) is 0.462. The Bertz CT molecular complexity index is 395. The topological polar surface area (TPSA) is 37.3 Å².